The topological polar surface area (TPSA) is 70.6 Å². The molecule has 5 nitrogen and oxygen atoms in total. The number of guanidine groups is 1. The molecule has 0 unspecified atom stereocenters. The van der Waals surface area contributed by atoms with Crippen molar-refractivity contribution in [2.75, 3.05) is 0 Å². The van der Waals surface area contributed by atoms with E-state index in [1.165, 1.54) is 0 Å². The van der Waals surface area contributed by atoms with Crippen LogP contribution in [0.25, 0.3) is 0 Å². The van der Waals surface area contributed by atoms with Gasteiger partial charge in [0.2, 0.25) is 5.96 Å². The molecule has 0 aliphatic heterocycles. The second-order valence-corrected chi connectivity index (χ2v) is 5.44. The molecule has 0 bridgehead atoms. The second kappa shape index (κ2) is 8.39. The van der Waals surface area contributed by atoms with Gasteiger partial charge >= 0.3 is 0 Å². The number of nitrogens with one attached hydrogen (secondary N) is 2. The Labute approximate surface area is 151 Å². The van der Waals surface area contributed by atoms with Gasteiger partial charge < -0.3 is 0 Å². The van der Waals surface area contributed by atoms with Gasteiger partial charge in [0, 0.05) is 11.1 Å². The zero-order valence-electron chi connectivity index (χ0n) is 13.9. The average Bonchev–Trinajstić information content (AvgIpc) is 2.70. The van der Waals surface area contributed by atoms with Crippen molar-refractivity contribution in [1.82, 2.24) is 10.6 Å². The molecule has 5 heteroatoms. The number of carbonyl (C=O) groups excluding carboxylic acids is 2. The highest BCUT2D eigenvalue weighted by Gasteiger charge is 2.13. The van der Waals surface area contributed by atoms with Gasteiger partial charge in [-0.2, -0.15) is 0 Å². The fraction of sp³-hybridized carbons (Fsp3) is 0. The van der Waals surface area contributed by atoms with E-state index in [-0.39, 0.29) is 17.8 Å². The number of rotatable bonds is 3. The van der Waals surface area contributed by atoms with Crippen molar-refractivity contribution in [3.63, 3.8) is 0 Å². The van der Waals surface area contributed by atoms with Crippen molar-refractivity contribution < 1.29 is 9.59 Å². The van der Waals surface area contributed by atoms with Crippen LogP contribution >= 0.6 is 0 Å². The van der Waals surface area contributed by atoms with Gasteiger partial charge in [0.25, 0.3) is 11.8 Å². The van der Waals surface area contributed by atoms with Gasteiger partial charge in [-0.15, -0.1) is 0 Å². The normalized spacial score (nSPS) is 9.85. The molecule has 0 spiro atoms. The van der Waals surface area contributed by atoms with Crippen LogP contribution in [0.2, 0.25) is 0 Å². The number of nitrogens with zero attached hydrogens (tertiary/aromatic N) is 1. The largest absolute Gasteiger partial charge is 0.292 e. The molecule has 0 atom stereocenters. The lowest BCUT2D eigenvalue weighted by atomic mass is 10.2. The lowest BCUT2D eigenvalue weighted by Crippen LogP contribution is -2.43. The van der Waals surface area contributed by atoms with Crippen LogP contribution < -0.4 is 10.6 Å². The van der Waals surface area contributed by atoms with Crippen LogP contribution in [0, 0.1) is 0 Å². The Balaban J connectivity index is 1.83. The zero-order chi connectivity index (χ0) is 18.2. The van der Waals surface area contributed by atoms with Crippen LogP contribution in [0.3, 0.4) is 0 Å². The molecule has 3 aromatic rings. The number of amides is 2. The van der Waals surface area contributed by atoms with Crippen LogP contribution in [-0.2, 0) is 0 Å². The molecular weight excluding hydrogens is 326 g/mol. The molecule has 0 aliphatic carbocycles. The Morgan fingerprint density at radius 1 is 0.577 bits per heavy atom. The maximum absolute atomic E-state index is 12.4. The van der Waals surface area contributed by atoms with Crippen LogP contribution in [0.5, 0.6) is 0 Å². The van der Waals surface area contributed by atoms with E-state index in [1.54, 1.807) is 60.7 Å². The first kappa shape index (κ1) is 17.1. The molecule has 0 aromatic heterocycles. The van der Waals surface area contributed by atoms with E-state index in [2.05, 4.69) is 15.6 Å². The van der Waals surface area contributed by atoms with Gasteiger partial charge in [-0.3, -0.25) is 20.2 Å². The maximum Gasteiger partial charge on any atom is 0.257 e. The van der Waals surface area contributed by atoms with E-state index in [0.717, 1.165) is 0 Å². The molecule has 0 radical (unpaired) electrons. The number of benzene rings is 3. The minimum absolute atomic E-state index is 0.0684. The molecule has 0 fully saturated rings. The van der Waals surface area contributed by atoms with Gasteiger partial charge in [0.15, 0.2) is 0 Å². The highest BCUT2D eigenvalue weighted by atomic mass is 16.2. The third-order valence-corrected chi connectivity index (χ3v) is 3.53. The van der Waals surface area contributed by atoms with Crippen molar-refractivity contribution in [2.24, 2.45) is 4.99 Å². The summed E-state index contributed by atoms with van der Waals surface area (Å²) in [4.78, 5) is 29.2. The lowest BCUT2D eigenvalue weighted by molar-refractivity contribution is 0.0966. The van der Waals surface area contributed by atoms with Crippen molar-refractivity contribution in [2.45, 2.75) is 0 Å². The third-order valence-electron chi connectivity index (χ3n) is 3.53. The van der Waals surface area contributed by atoms with Gasteiger partial charge in [-0.05, 0) is 36.4 Å². The van der Waals surface area contributed by atoms with Crippen LogP contribution in [0.4, 0.5) is 5.69 Å². The summed E-state index contributed by atoms with van der Waals surface area (Å²) in [5, 5.41) is 5.32. The molecule has 0 saturated carbocycles. The monoisotopic (exact) mass is 343 g/mol. The Morgan fingerprint density at radius 3 is 1.38 bits per heavy atom. The Morgan fingerprint density at radius 2 is 0.962 bits per heavy atom. The minimum Gasteiger partial charge on any atom is -0.292 e. The summed E-state index contributed by atoms with van der Waals surface area (Å²) in [6.07, 6.45) is 0. The van der Waals surface area contributed by atoms with Crippen molar-refractivity contribution >= 4 is 23.5 Å². The highest BCUT2D eigenvalue weighted by Crippen LogP contribution is 2.10. The molecule has 0 aliphatic rings. The fourth-order valence-corrected chi connectivity index (χ4v) is 2.26. The Hall–Kier alpha value is -3.73. The third kappa shape index (κ3) is 4.64. The molecule has 2 N–H and O–H groups in total. The molecular formula is C21H17N3O2. The summed E-state index contributed by atoms with van der Waals surface area (Å²) in [6.45, 7) is 0. The van der Waals surface area contributed by atoms with E-state index in [9.17, 15) is 9.59 Å². The number of hydrogen-bond donors (Lipinski definition) is 2. The fourth-order valence-electron chi connectivity index (χ4n) is 2.26. The second-order valence-electron chi connectivity index (χ2n) is 5.44. The quantitative estimate of drug-likeness (QED) is 0.564. The summed E-state index contributed by atoms with van der Waals surface area (Å²) in [5.74, 6) is -0.638. The van der Waals surface area contributed by atoms with E-state index in [4.69, 9.17) is 0 Å². The summed E-state index contributed by atoms with van der Waals surface area (Å²) in [6, 6.07) is 26.6. The van der Waals surface area contributed by atoms with Crippen molar-refractivity contribution in [1.29, 1.82) is 0 Å². The van der Waals surface area contributed by atoms with E-state index in [0.29, 0.717) is 16.8 Å². The smallest absolute Gasteiger partial charge is 0.257 e. The number of carbonyl (C=O) groups is 2. The predicted molar refractivity (Wildman–Crippen MR) is 101 cm³/mol. The maximum atomic E-state index is 12.4. The highest BCUT2D eigenvalue weighted by molar-refractivity contribution is 6.13. The average molecular weight is 343 g/mol. The number of aliphatic imine (C=N–C) groups is 1. The minimum atomic E-state index is -0.353. The van der Waals surface area contributed by atoms with Crippen molar-refractivity contribution in [3.8, 4) is 0 Å². The molecule has 2 amide bonds. The molecule has 3 rings (SSSR count). The van der Waals surface area contributed by atoms with Gasteiger partial charge in [0.1, 0.15) is 0 Å². The molecule has 0 saturated heterocycles. The van der Waals surface area contributed by atoms with Crippen LogP contribution in [-0.4, -0.2) is 17.8 Å². The summed E-state index contributed by atoms with van der Waals surface area (Å²) < 4.78 is 0. The standard InChI is InChI=1S/C21H17N3O2/c25-19(16-10-4-1-5-11-16)23-21(22-18-14-8-3-9-15-18)24-20(26)17-12-6-2-7-13-17/h1-15H,(H2,22,23,24,25,26). The van der Waals surface area contributed by atoms with Gasteiger partial charge in [-0.25, -0.2) is 4.99 Å². The van der Waals surface area contributed by atoms with E-state index in [1.807, 2.05) is 30.3 Å². The molecule has 128 valence electrons. The lowest BCUT2D eigenvalue weighted by Gasteiger charge is -2.11. The number of para-hydroxylation sites is 1. The summed E-state index contributed by atoms with van der Waals surface area (Å²) >= 11 is 0. The molecule has 3 aromatic carbocycles. The summed E-state index contributed by atoms with van der Waals surface area (Å²) in [5.41, 5.74) is 1.56. The predicted octanol–water partition coefficient (Wildman–Crippen LogP) is 3.53. The van der Waals surface area contributed by atoms with Crippen LogP contribution in [0.15, 0.2) is 96.0 Å². The Kier molecular flexibility index (Phi) is 5.52. The molecule has 26 heavy (non-hydrogen) atoms. The van der Waals surface area contributed by atoms with Gasteiger partial charge in [-0.1, -0.05) is 54.6 Å². The first-order valence-corrected chi connectivity index (χ1v) is 8.09. The van der Waals surface area contributed by atoms with Crippen molar-refractivity contribution in [3.05, 3.63) is 102 Å². The first-order chi connectivity index (χ1) is 12.7. The molecule has 0 heterocycles. The first-order valence-electron chi connectivity index (χ1n) is 8.09. The SMILES string of the molecule is O=C(NC(=Nc1ccccc1)NC(=O)c1ccccc1)c1ccccc1. The zero-order valence-corrected chi connectivity index (χ0v) is 13.9. The Bertz CT molecular complexity index is 852. The van der Waals surface area contributed by atoms with E-state index < -0.39 is 0 Å². The summed E-state index contributed by atoms with van der Waals surface area (Å²) in [7, 11) is 0. The van der Waals surface area contributed by atoms with Gasteiger partial charge in [0.05, 0.1) is 5.69 Å². The van der Waals surface area contributed by atoms with Crippen LogP contribution in [0.1, 0.15) is 20.7 Å². The number of hydrogen-bond acceptors (Lipinski definition) is 3. The van der Waals surface area contributed by atoms with E-state index >= 15 is 0 Å².